The molecule has 7 nitrogen and oxygen atoms in total. The van der Waals surface area contributed by atoms with E-state index in [4.69, 9.17) is 5.11 Å². The quantitative estimate of drug-likeness (QED) is 0.639. The predicted molar refractivity (Wildman–Crippen MR) is 64.3 cm³/mol. The van der Waals surface area contributed by atoms with E-state index in [0.29, 0.717) is 13.0 Å². The summed E-state index contributed by atoms with van der Waals surface area (Å²) in [6.45, 7) is 1.71. The van der Waals surface area contributed by atoms with Gasteiger partial charge in [-0.15, -0.1) is 0 Å². The molecule has 1 saturated heterocycles. The lowest BCUT2D eigenvalue weighted by molar-refractivity contribution is -0.140. The molecule has 8 heteroatoms. The molecule has 3 atom stereocenters. The van der Waals surface area contributed by atoms with Gasteiger partial charge in [-0.05, 0) is 6.42 Å². The van der Waals surface area contributed by atoms with Gasteiger partial charge in [0.1, 0.15) is 11.3 Å². The molecule has 1 heterocycles. The summed E-state index contributed by atoms with van der Waals surface area (Å²) >= 11 is 0. The van der Waals surface area contributed by atoms with Gasteiger partial charge in [0.15, 0.2) is 0 Å². The molecular formula is C10H16N2O5S. The number of carboxylic acid groups (broad SMARTS) is 1. The summed E-state index contributed by atoms with van der Waals surface area (Å²) in [4.78, 5) is 34.8. The van der Waals surface area contributed by atoms with Crippen LogP contribution in [0, 0.1) is 0 Å². The van der Waals surface area contributed by atoms with Crippen LogP contribution in [0.4, 0.5) is 0 Å². The van der Waals surface area contributed by atoms with E-state index in [-0.39, 0.29) is 11.7 Å². The Balaban J connectivity index is 2.64. The summed E-state index contributed by atoms with van der Waals surface area (Å²) in [5.74, 6) is -2.24. The zero-order valence-electron chi connectivity index (χ0n) is 10.2. The Morgan fingerprint density at radius 1 is 1.61 bits per heavy atom. The number of hydrogen-bond donors (Lipinski definition) is 2. The van der Waals surface area contributed by atoms with Crippen molar-refractivity contribution in [2.45, 2.75) is 24.6 Å². The molecule has 0 radical (unpaired) electrons. The number of aliphatic carboxylic acids is 1. The van der Waals surface area contributed by atoms with E-state index in [1.165, 1.54) is 11.8 Å². The van der Waals surface area contributed by atoms with Crippen LogP contribution in [0.15, 0.2) is 0 Å². The number of amides is 2. The third kappa shape index (κ3) is 3.52. The molecule has 1 aliphatic heterocycles. The van der Waals surface area contributed by atoms with E-state index in [1.54, 1.807) is 7.05 Å². The fraction of sp³-hybridized carbons (Fsp3) is 0.700. The van der Waals surface area contributed by atoms with E-state index in [2.05, 4.69) is 5.32 Å². The van der Waals surface area contributed by atoms with Crippen molar-refractivity contribution in [3.8, 4) is 0 Å². The maximum absolute atomic E-state index is 11.9. The number of carbonyl (C=O) groups excluding carboxylic acids is 2. The molecule has 1 aliphatic rings. The molecule has 0 aliphatic carbocycles. The molecule has 0 spiro atoms. The van der Waals surface area contributed by atoms with Gasteiger partial charge < -0.3 is 15.3 Å². The third-order valence-corrected chi connectivity index (χ3v) is 4.44. The van der Waals surface area contributed by atoms with Gasteiger partial charge in [-0.3, -0.25) is 13.8 Å². The second-order valence-electron chi connectivity index (χ2n) is 4.18. The van der Waals surface area contributed by atoms with Crippen LogP contribution in [0.5, 0.6) is 0 Å². The Kier molecular flexibility index (Phi) is 4.83. The Bertz CT molecular complexity index is 398. The lowest BCUT2D eigenvalue weighted by atomic mass is 10.3. The summed E-state index contributed by atoms with van der Waals surface area (Å²) in [5.41, 5.74) is 0. The highest BCUT2D eigenvalue weighted by atomic mass is 32.2. The van der Waals surface area contributed by atoms with Crippen molar-refractivity contribution >= 4 is 28.6 Å². The third-order valence-electron chi connectivity index (χ3n) is 2.70. The number of nitrogens with one attached hydrogen (secondary N) is 1. The average molecular weight is 276 g/mol. The highest BCUT2D eigenvalue weighted by Crippen LogP contribution is 2.15. The van der Waals surface area contributed by atoms with Crippen LogP contribution in [0.25, 0.3) is 0 Å². The van der Waals surface area contributed by atoms with Crippen molar-refractivity contribution in [3.05, 3.63) is 0 Å². The first-order valence-electron chi connectivity index (χ1n) is 5.45. The summed E-state index contributed by atoms with van der Waals surface area (Å²) in [6.07, 6.45) is 0.453. The van der Waals surface area contributed by atoms with Crippen LogP contribution in [0.2, 0.25) is 0 Å². The fourth-order valence-electron chi connectivity index (χ4n) is 1.73. The molecule has 2 N–H and O–H groups in total. The van der Waals surface area contributed by atoms with Crippen molar-refractivity contribution in [1.29, 1.82) is 0 Å². The van der Waals surface area contributed by atoms with Crippen molar-refractivity contribution in [2.24, 2.45) is 0 Å². The molecule has 2 amide bonds. The first-order valence-corrected chi connectivity index (χ1v) is 6.83. The predicted octanol–water partition coefficient (Wildman–Crippen LogP) is -1.44. The maximum Gasteiger partial charge on any atom is 0.327 e. The first kappa shape index (κ1) is 14.6. The van der Waals surface area contributed by atoms with E-state index in [0.717, 1.165) is 0 Å². The molecule has 0 aromatic carbocycles. The monoisotopic (exact) mass is 276 g/mol. The van der Waals surface area contributed by atoms with Crippen LogP contribution in [0.1, 0.15) is 13.3 Å². The van der Waals surface area contributed by atoms with Crippen LogP contribution < -0.4 is 5.32 Å². The van der Waals surface area contributed by atoms with Gasteiger partial charge in [0.2, 0.25) is 11.8 Å². The van der Waals surface area contributed by atoms with Gasteiger partial charge in [-0.1, -0.05) is 0 Å². The molecule has 0 aromatic rings. The first-order chi connectivity index (χ1) is 8.32. The standard InChI is InChI=1S/C10H16N2O5S/c1-6(13)11-7(10(15)16)5-18(17)8-3-4-12(2)9(8)14/h7-8H,3-5H2,1-2H3,(H,11,13)(H,15,16)/t7-,8?,18?/m0/s1. The minimum absolute atomic E-state index is 0.236. The Morgan fingerprint density at radius 3 is 2.61 bits per heavy atom. The maximum atomic E-state index is 11.9. The van der Waals surface area contributed by atoms with E-state index in [9.17, 15) is 18.6 Å². The smallest absolute Gasteiger partial charge is 0.327 e. The van der Waals surface area contributed by atoms with Gasteiger partial charge in [-0.25, -0.2) is 4.79 Å². The Hall–Kier alpha value is -1.44. The lowest BCUT2D eigenvalue weighted by Crippen LogP contribution is -2.45. The zero-order chi connectivity index (χ0) is 13.9. The normalized spacial score (nSPS) is 22.7. The average Bonchev–Trinajstić information content (AvgIpc) is 2.58. The van der Waals surface area contributed by atoms with E-state index in [1.807, 2.05) is 0 Å². The summed E-state index contributed by atoms with van der Waals surface area (Å²) in [5, 5.41) is 10.4. The van der Waals surface area contributed by atoms with Gasteiger partial charge in [0.25, 0.3) is 0 Å². The van der Waals surface area contributed by atoms with Gasteiger partial charge in [0, 0.05) is 31.3 Å². The minimum atomic E-state index is -1.60. The van der Waals surface area contributed by atoms with Crippen LogP contribution in [-0.4, -0.2) is 62.6 Å². The number of hydrogen-bond acceptors (Lipinski definition) is 4. The Labute approximate surface area is 107 Å². The van der Waals surface area contributed by atoms with Crippen LogP contribution in [-0.2, 0) is 25.2 Å². The molecule has 0 bridgehead atoms. The second kappa shape index (κ2) is 5.94. The summed E-state index contributed by atoms with van der Waals surface area (Å²) in [6, 6.07) is -1.22. The molecule has 0 saturated carbocycles. The zero-order valence-corrected chi connectivity index (χ0v) is 11.0. The number of nitrogens with zero attached hydrogens (tertiary/aromatic N) is 1. The molecule has 102 valence electrons. The second-order valence-corrected chi connectivity index (χ2v) is 5.84. The molecule has 18 heavy (non-hydrogen) atoms. The van der Waals surface area contributed by atoms with Crippen molar-refractivity contribution < 1.29 is 23.7 Å². The number of likely N-dealkylation sites (tertiary alicyclic amines) is 1. The molecule has 1 rings (SSSR count). The topological polar surface area (TPSA) is 104 Å². The van der Waals surface area contributed by atoms with Crippen molar-refractivity contribution in [2.75, 3.05) is 19.3 Å². The summed E-state index contributed by atoms with van der Waals surface area (Å²) < 4.78 is 11.9. The highest BCUT2D eigenvalue weighted by Gasteiger charge is 2.36. The van der Waals surface area contributed by atoms with Gasteiger partial charge in [0.05, 0.1) is 5.75 Å². The molecule has 2 unspecified atom stereocenters. The van der Waals surface area contributed by atoms with Crippen molar-refractivity contribution in [1.82, 2.24) is 10.2 Å². The molecular weight excluding hydrogens is 260 g/mol. The number of rotatable bonds is 5. The number of carboxylic acids is 1. The van der Waals surface area contributed by atoms with Crippen molar-refractivity contribution in [3.63, 3.8) is 0 Å². The fourth-order valence-corrected chi connectivity index (χ4v) is 3.29. The van der Waals surface area contributed by atoms with Crippen LogP contribution >= 0.6 is 0 Å². The SMILES string of the molecule is CC(=O)N[C@@H](CS(=O)C1CCN(C)C1=O)C(=O)O. The van der Waals surface area contributed by atoms with Crippen LogP contribution in [0.3, 0.4) is 0 Å². The lowest BCUT2D eigenvalue weighted by Gasteiger charge is -2.15. The van der Waals surface area contributed by atoms with E-state index >= 15 is 0 Å². The number of carbonyl (C=O) groups is 3. The van der Waals surface area contributed by atoms with E-state index < -0.39 is 34.0 Å². The molecule has 1 fully saturated rings. The largest absolute Gasteiger partial charge is 0.480 e. The molecule has 0 aromatic heterocycles. The Morgan fingerprint density at radius 2 is 2.22 bits per heavy atom. The van der Waals surface area contributed by atoms with Gasteiger partial charge >= 0.3 is 5.97 Å². The highest BCUT2D eigenvalue weighted by molar-refractivity contribution is 7.86. The van der Waals surface area contributed by atoms with Gasteiger partial charge in [-0.2, -0.15) is 0 Å². The summed E-state index contributed by atoms with van der Waals surface area (Å²) in [7, 11) is 0.0132. The minimum Gasteiger partial charge on any atom is -0.480 e.